The van der Waals surface area contributed by atoms with E-state index in [1.165, 1.54) is 24.1 Å². The summed E-state index contributed by atoms with van der Waals surface area (Å²) in [6, 6.07) is 28.3. The summed E-state index contributed by atoms with van der Waals surface area (Å²) in [7, 11) is -2.66. The third-order valence-corrected chi connectivity index (χ3v) is 9.49. The van der Waals surface area contributed by atoms with Crippen LogP contribution in [-0.4, -0.2) is 44.8 Å². The second kappa shape index (κ2) is 14.6. The Balaban J connectivity index is 1.80. The Kier molecular flexibility index (Phi) is 10.9. The SMILES string of the molecule is CCc1ccc(N(CC(=O)N(Cc2ccc(Cl)cc2Cl)C(Cc2ccccc2)C(=O)NC)S(=O)(=O)c2ccccc2)cc1. The summed E-state index contributed by atoms with van der Waals surface area (Å²) >= 11 is 12.6. The first-order valence-electron chi connectivity index (χ1n) is 13.8. The first-order valence-corrected chi connectivity index (χ1v) is 16.0. The normalized spacial score (nSPS) is 11.9. The fourth-order valence-corrected chi connectivity index (χ4v) is 6.60. The van der Waals surface area contributed by atoms with Gasteiger partial charge in [0.25, 0.3) is 10.0 Å². The van der Waals surface area contributed by atoms with Crippen LogP contribution in [0.2, 0.25) is 10.0 Å². The number of hydrogen-bond acceptors (Lipinski definition) is 4. The molecule has 1 unspecified atom stereocenters. The zero-order valence-electron chi connectivity index (χ0n) is 23.9. The molecule has 0 saturated heterocycles. The molecule has 224 valence electrons. The summed E-state index contributed by atoms with van der Waals surface area (Å²) in [4.78, 5) is 29.1. The van der Waals surface area contributed by atoms with Gasteiger partial charge < -0.3 is 10.2 Å². The van der Waals surface area contributed by atoms with Crippen LogP contribution < -0.4 is 9.62 Å². The van der Waals surface area contributed by atoms with E-state index < -0.39 is 34.4 Å². The summed E-state index contributed by atoms with van der Waals surface area (Å²) in [5, 5.41) is 3.41. The highest BCUT2D eigenvalue weighted by atomic mass is 35.5. The Bertz CT molecular complexity index is 1650. The van der Waals surface area contributed by atoms with E-state index in [0.29, 0.717) is 21.3 Å². The highest BCUT2D eigenvalue weighted by molar-refractivity contribution is 7.92. The lowest BCUT2D eigenvalue weighted by Gasteiger charge is -2.33. The number of benzene rings is 4. The number of anilines is 1. The minimum Gasteiger partial charge on any atom is -0.357 e. The van der Waals surface area contributed by atoms with Crippen molar-refractivity contribution in [3.63, 3.8) is 0 Å². The van der Waals surface area contributed by atoms with E-state index in [1.54, 1.807) is 48.5 Å². The summed E-state index contributed by atoms with van der Waals surface area (Å²) in [6.45, 7) is 1.41. The molecule has 0 radical (unpaired) electrons. The van der Waals surface area contributed by atoms with Gasteiger partial charge in [-0.2, -0.15) is 0 Å². The van der Waals surface area contributed by atoms with Crippen molar-refractivity contribution < 1.29 is 18.0 Å². The van der Waals surface area contributed by atoms with E-state index in [0.717, 1.165) is 21.9 Å². The van der Waals surface area contributed by atoms with Crippen LogP contribution in [0.15, 0.2) is 108 Å². The van der Waals surface area contributed by atoms with Gasteiger partial charge in [0, 0.05) is 30.1 Å². The lowest BCUT2D eigenvalue weighted by Crippen LogP contribution is -2.53. The van der Waals surface area contributed by atoms with Crippen molar-refractivity contribution in [1.82, 2.24) is 10.2 Å². The number of carbonyl (C=O) groups excluding carboxylic acids is 2. The predicted octanol–water partition coefficient (Wildman–Crippen LogP) is 6.14. The first kappa shape index (κ1) is 32.1. The van der Waals surface area contributed by atoms with Crippen molar-refractivity contribution >= 4 is 50.7 Å². The highest BCUT2D eigenvalue weighted by Gasteiger charge is 2.34. The van der Waals surface area contributed by atoms with Gasteiger partial charge in [-0.15, -0.1) is 0 Å². The maximum atomic E-state index is 14.3. The molecule has 4 rings (SSSR count). The molecule has 43 heavy (non-hydrogen) atoms. The zero-order chi connectivity index (χ0) is 31.0. The Morgan fingerprint density at radius 2 is 1.47 bits per heavy atom. The van der Waals surface area contributed by atoms with Gasteiger partial charge in [-0.05, 0) is 59.5 Å². The minimum absolute atomic E-state index is 0.0433. The van der Waals surface area contributed by atoms with Crippen LogP contribution in [0.4, 0.5) is 5.69 Å². The van der Waals surface area contributed by atoms with E-state index in [-0.39, 0.29) is 17.9 Å². The molecule has 0 aliphatic rings. The predicted molar refractivity (Wildman–Crippen MR) is 172 cm³/mol. The van der Waals surface area contributed by atoms with Crippen LogP contribution in [0.5, 0.6) is 0 Å². The maximum Gasteiger partial charge on any atom is 0.264 e. The van der Waals surface area contributed by atoms with Crippen molar-refractivity contribution in [1.29, 1.82) is 0 Å². The average Bonchev–Trinajstić information content (AvgIpc) is 3.03. The van der Waals surface area contributed by atoms with E-state index >= 15 is 0 Å². The molecule has 0 aromatic heterocycles. The molecule has 4 aromatic carbocycles. The highest BCUT2D eigenvalue weighted by Crippen LogP contribution is 2.27. The van der Waals surface area contributed by atoms with Crippen LogP contribution in [0.25, 0.3) is 0 Å². The van der Waals surface area contributed by atoms with E-state index in [1.807, 2.05) is 49.4 Å². The van der Waals surface area contributed by atoms with Crippen LogP contribution in [0.1, 0.15) is 23.6 Å². The Morgan fingerprint density at radius 3 is 2.05 bits per heavy atom. The molecular weight excluding hydrogens is 605 g/mol. The third kappa shape index (κ3) is 7.96. The summed E-state index contributed by atoms with van der Waals surface area (Å²) in [6.07, 6.45) is 0.974. The number of sulfonamides is 1. The topological polar surface area (TPSA) is 86.8 Å². The third-order valence-electron chi connectivity index (χ3n) is 7.12. The van der Waals surface area contributed by atoms with Gasteiger partial charge >= 0.3 is 0 Å². The number of aryl methyl sites for hydroxylation is 1. The maximum absolute atomic E-state index is 14.3. The molecule has 0 bridgehead atoms. The van der Waals surface area contributed by atoms with Crippen LogP contribution >= 0.6 is 23.2 Å². The average molecular weight is 639 g/mol. The van der Waals surface area contributed by atoms with E-state index in [4.69, 9.17) is 23.2 Å². The van der Waals surface area contributed by atoms with Gasteiger partial charge in [0.1, 0.15) is 12.6 Å². The molecule has 0 fully saturated rings. The quantitative estimate of drug-likeness (QED) is 0.202. The Hall–Kier alpha value is -3.85. The van der Waals surface area contributed by atoms with Crippen molar-refractivity contribution in [3.8, 4) is 0 Å². The number of amides is 2. The summed E-state index contributed by atoms with van der Waals surface area (Å²) in [5.74, 6) is -0.971. The molecule has 0 aliphatic carbocycles. The van der Waals surface area contributed by atoms with Crippen molar-refractivity contribution in [2.75, 3.05) is 17.9 Å². The van der Waals surface area contributed by atoms with Gasteiger partial charge in [0.15, 0.2) is 0 Å². The molecule has 1 N–H and O–H groups in total. The summed E-state index contributed by atoms with van der Waals surface area (Å²) in [5.41, 5.74) is 2.75. The molecule has 1 atom stereocenters. The largest absolute Gasteiger partial charge is 0.357 e. The standard InChI is InChI=1S/C33H33Cl2N3O4S/c1-3-24-14-18-28(19-15-24)38(43(41,42)29-12-8-5-9-13-29)23-32(39)37(22-26-16-17-27(34)21-30(26)35)31(33(40)36-2)20-25-10-6-4-7-11-25/h4-19,21,31H,3,20,22-23H2,1-2H3,(H,36,40). The number of halogens is 2. The fraction of sp³-hybridized carbons (Fsp3) is 0.212. The van der Waals surface area contributed by atoms with Gasteiger partial charge in [0.05, 0.1) is 10.6 Å². The fourth-order valence-electron chi connectivity index (χ4n) is 4.70. The minimum atomic E-state index is -4.16. The number of rotatable bonds is 12. The van der Waals surface area contributed by atoms with Gasteiger partial charge in [0.2, 0.25) is 11.8 Å². The molecule has 10 heteroatoms. The molecule has 0 saturated carbocycles. The van der Waals surface area contributed by atoms with E-state index in [2.05, 4.69) is 5.32 Å². The summed E-state index contributed by atoms with van der Waals surface area (Å²) < 4.78 is 29.1. The first-order chi connectivity index (χ1) is 20.6. The van der Waals surface area contributed by atoms with Gasteiger partial charge in [-0.25, -0.2) is 8.42 Å². The molecule has 0 spiro atoms. The molecule has 0 aliphatic heterocycles. The second-order valence-corrected chi connectivity index (χ2v) is 12.6. The lowest BCUT2D eigenvalue weighted by atomic mass is 10.0. The van der Waals surface area contributed by atoms with Gasteiger partial charge in [-0.3, -0.25) is 13.9 Å². The second-order valence-electron chi connectivity index (χ2n) is 9.92. The molecule has 0 heterocycles. The number of likely N-dealkylation sites (N-methyl/N-ethyl adjacent to an activating group) is 1. The van der Waals surface area contributed by atoms with Crippen LogP contribution in [0, 0.1) is 0 Å². The number of carbonyl (C=O) groups is 2. The van der Waals surface area contributed by atoms with E-state index in [9.17, 15) is 18.0 Å². The Labute approximate surface area is 263 Å². The molecule has 4 aromatic rings. The van der Waals surface area contributed by atoms with Crippen molar-refractivity contribution in [2.45, 2.75) is 37.2 Å². The number of hydrogen-bond donors (Lipinski definition) is 1. The molecular formula is C33H33Cl2N3O4S. The number of nitrogens with one attached hydrogen (secondary N) is 1. The smallest absolute Gasteiger partial charge is 0.264 e. The van der Waals surface area contributed by atoms with Crippen LogP contribution in [0.3, 0.4) is 0 Å². The lowest BCUT2D eigenvalue weighted by molar-refractivity contribution is -0.139. The van der Waals surface area contributed by atoms with Gasteiger partial charge in [-0.1, -0.05) is 96.9 Å². The number of nitrogens with zero attached hydrogens (tertiary/aromatic N) is 2. The van der Waals surface area contributed by atoms with Crippen molar-refractivity contribution in [3.05, 3.63) is 130 Å². The molecule has 2 amide bonds. The van der Waals surface area contributed by atoms with Crippen molar-refractivity contribution in [2.24, 2.45) is 0 Å². The molecule has 7 nitrogen and oxygen atoms in total. The van der Waals surface area contributed by atoms with Crippen LogP contribution in [-0.2, 0) is 39.0 Å². The Morgan fingerprint density at radius 1 is 0.837 bits per heavy atom. The monoisotopic (exact) mass is 637 g/mol. The zero-order valence-corrected chi connectivity index (χ0v) is 26.2.